The summed E-state index contributed by atoms with van der Waals surface area (Å²) < 4.78 is 1.07. The normalized spacial score (nSPS) is 12.3. The highest BCUT2D eigenvalue weighted by Crippen LogP contribution is 2.29. The van der Waals surface area contributed by atoms with Crippen LogP contribution in [0, 0.1) is 0 Å². The Morgan fingerprint density at radius 1 is 1.50 bits per heavy atom. The number of carbonyl (C=O) groups is 1. The van der Waals surface area contributed by atoms with E-state index >= 15 is 0 Å². The third kappa shape index (κ3) is 3.39. The van der Waals surface area contributed by atoms with Gasteiger partial charge in [-0.25, -0.2) is 4.98 Å². The Bertz CT molecular complexity index is 596. The minimum atomic E-state index is 0.0557. The summed E-state index contributed by atoms with van der Waals surface area (Å²) in [6.45, 7) is 4.61. The Balaban J connectivity index is 1.89. The summed E-state index contributed by atoms with van der Waals surface area (Å²) in [4.78, 5) is 15.9. The van der Waals surface area contributed by atoms with Crippen LogP contribution in [0.4, 0.5) is 11.4 Å². The van der Waals surface area contributed by atoms with Crippen LogP contribution < -0.4 is 16.4 Å². The van der Waals surface area contributed by atoms with E-state index < -0.39 is 0 Å². The van der Waals surface area contributed by atoms with Crippen molar-refractivity contribution in [1.29, 1.82) is 0 Å². The molecule has 0 aliphatic rings. The molecule has 1 aromatic carbocycles. The van der Waals surface area contributed by atoms with E-state index in [-0.39, 0.29) is 11.9 Å². The number of nitrogens with one attached hydrogen (secondary N) is 2. The van der Waals surface area contributed by atoms with Crippen molar-refractivity contribution in [1.82, 2.24) is 10.3 Å². The van der Waals surface area contributed by atoms with Gasteiger partial charge in [-0.1, -0.05) is 6.92 Å². The number of thiazole rings is 1. The van der Waals surface area contributed by atoms with Crippen LogP contribution in [0.25, 0.3) is 10.2 Å². The number of hydrogen-bond donors (Lipinski definition) is 3. The summed E-state index contributed by atoms with van der Waals surface area (Å²) in [5.74, 6) is 0.0557. The molecule has 0 saturated heterocycles. The van der Waals surface area contributed by atoms with E-state index in [1.165, 1.54) is 0 Å². The fourth-order valence-electron chi connectivity index (χ4n) is 1.87. The Labute approximate surface area is 122 Å². The monoisotopic (exact) mass is 292 g/mol. The Kier molecular flexibility index (Phi) is 4.79. The molecule has 5 nitrogen and oxygen atoms in total. The highest BCUT2D eigenvalue weighted by Gasteiger charge is 2.08. The molecular formula is C14H20N4OS. The van der Waals surface area contributed by atoms with Crippen molar-refractivity contribution in [2.24, 2.45) is 0 Å². The van der Waals surface area contributed by atoms with Crippen molar-refractivity contribution in [3.05, 3.63) is 17.6 Å². The molecule has 108 valence electrons. The van der Waals surface area contributed by atoms with Gasteiger partial charge < -0.3 is 16.4 Å². The molecule has 1 atom stereocenters. The number of anilines is 2. The summed E-state index contributed by atoms with van der Waals surface area (Å²) in [5, 5.41) is 6.13. The molecule has 1 unspecified atom stereocenters. The van der Waals surface area contributed by atoms with E-state index in [0.717, 1.165) is 22.3 Å². The SMILES string of the molecule is CCC(C)NC(=O)CCNc1ccc2scnc2c1N. The van der Waals surface area contributed by atoms with E-state index in [1.54, 1.807) is 16.8 Å². The Morgan fingerprint density at radius 2 is 2.30 bits per heavy atom. The number of nitrogens with two attached hydrogens (primary N) is 1. The summed E-state index contributed by atoms with van der Waals surface area (Å²) in [7, 11) is 0. The summed E-state index contributed by atoms with van der Waals surface area (Å²) in [6, 6.07) is 4.15. The first-order valence-corrected chi connectivity index (χ1v) is 7.64. The zero-order valence-corrected chi connectivity index (χ0v) is 12.6. The zero-order valence-electron chi connectivity index (χ0n) is 11.8. The van der Waals surface area contributed by atoms with Crippen molar-refractivity contribution in [2.45, 2.75) is 32.7 Å². The second-order valence-electron chi connectivity index (χ2n) is 4.78. The first kappa shape index (κ1) is 14.6. The third-order valence-electron chi connectivity index (χ3n) is 3.23. The van der Waals surface area contributed by atoms with Crippen LogP contribution in [0.15, 0.2) is 17.6 Å². The van der Waals surface area contributed by atoms with E-state index in [4.69, 9.17) is 5.73 Å². The minimum absolute atomic E-state index is 0.0557. The van der Waals surface area contributed by atoms with Gasteiger partial charge in [0.05, 0.1) is 21.6 Å². The van der Waals surface area contributed by atoms with Gasteiger partial charge in [-0.2, -0.15) is 0 Å². The first-order valence-electron chi connectivity index (χ1n) is 6.76. The summed E-state index contributed by atoms with van der Waals surface area (Å²) >= 11 is 1.57. The fraction of sp³-hybridized carbons (Fsp3) is 0.429. The standard InChI is InChI=1S/C14H20N4OS/c1-3-9(2)18-12(19)6-7-16-10-4-5-11-14(13(10)15)17-8-20-11/h4-5,8-9,16H,3,6-7,15H2,1-2H3,(H,18,19). The van der Waals surface area contributed by atoms with Crippen LogP contribution >= 0.6 is 11.3 Å². The molecule has 2 rings (SSSR count). The van der Waals surface area contributed by atoms with Crippen molar-refractivity contribution >= 4 is 38.8 Å². The van der Waals surface area contributed by atoms with Gasteiger partial charge in [0.1, 0.15) is 5.52 Å². The van der Waals surface area contributed by atoms with Gasteiger partial charge in [0.25, 0.3) is 0 Å². The van der Waals surface area contributed by atoms with Crippen molar-refractivity contribution in [3.8, 4) is 0 Å². The molecule has 0 aliphatic heterocycles. The largest absolute Gasteiger partial charge is 0.395 e. The topological polar surface area (TPSA) is 80.0 Å². The number of benzene rings is 1. The van der Waals surface area contributed by atoms with Crippen molar-refractivity contribution in [3.63, 3.8) is 0 Å². The van der Waals surface area contributed by atoms with Crippen LogP contribution in [0.1, 0.15) is 26.7 Å². The van der Waals surface area contributed by atoms with Crippen LogP contribution in [-0.4, -0.2) is 23.5 Å². The quantitative estimate of drug-likeness (QED) is 0.715. The highest BCUT2D eigenvalue weighted by atomic mass is 32.1. The average Bonchev–Trinajstić information content (AvgIpc) is 2.90. The summed E-state index contributed by atoms with van der Waals surface area (Å²) in [5.41, 5.74) is 10.1. The molecule has 1 amide bonds. The number of rotatable bonds is 6. The molecule has 0 radical (unpaired) electrons. The van der Waals surface area contributed by atoms with E-state index in [1.807, 2.05) is 26.0 Å². The number of hydrogen-bond acceptors (Lipinski definition) is 5. The maximum atomic E-state index is 11.7. The number of nitrogen functional groups attached to an aromatic ring is 1. The van der Waals surface area contributed by atoms with Crippen LogP contribution in [0.5, 0.6) is 0 Å². The fourth-order valence-corrected chi connectivity index (χ4v) is 2.56. The molecule has 0 fully saturated rings. The lowest BCUT2D eigenvalue weighted by Gasteiger charge is -2.12. The Hall–Kier alpha value is -1.82. The zero-order chi connectivity index (χ0) is 14.5. The summed E-state index contributed by atoms with van der Waals surface area (Å²) in [6.07, 6.45) is 1.37. The van der Waals surface area contributed by atoms with E-state index in [0.29, 0.717) is 18.7 Å². The molecule has 1 aromatic heterocycles. The van der Waals surface area contributed by atoms with Crippen molar-refractivity contribution < 1.29 is 4.79 Å². The number of amides is 1. The van der Waals surface area contributed by atoms with Crippen molar-refractivity contribution in [2.75, 3.05) is 17.6 Å². The van der Waals surface area contributed by atoms with Gasteiger partial charge in [0.2, 0.25) is 5.91 Å². The number of fused-ring (bicyclic) bond motifs is 1. The van der Waals surface area contributed by atoms with Crippen LogP contribution in [-0.2, 0) is 4.79 Å². The molecule has 2 aromatic rings. The second-order valence-corrected chi connectivity index (χ2v) is 5.67. The molecule has 1 heterocycles. The van der Waals surface area contributed by atoms with Crippen LogP contribution in [0.3, 0.4) is 0 Å². The molecule has 4 N–H and O–H groups in total. The molecule has 0 spiro atoms. The van der Waals surface area contributed by atoms with Gasteiger partial charge in [-0.05, 0) is 25.5 Å². The number of nitrogens with zero attached hydrogens (tertiary/aromatic N) is 1. The molecule has 0 bridgehead atoms. The molecule has 0 aliphatic carbocycles. The third-order valence-corrected chi connectivity index (χ3v) is 4.02. The average molecular weight is 292 g/mol. The predicted molar refractivity (Wildman–Crippen MR) is 85.0 cm³/mol. The predicted octanol–water partition coefficient (Wildman–Crippen LogP) is 2.60. The lowest BCUT2D eigenvalue weighted by atomic mass is 10.2. The second kappa shape index (κ2) is 6.56. The highest BCUT2D eigenvalue weighted by molar-refractivity contribution is 7.16. The minimum Gasteiger partial charge on any atom is -0.395 e. The molecule has 20 heavy (non-hydrogen) atoms. The lowest BCUT2D eigenvalue weighted by molar-refractivity contribution is -0.121. The van der Waals surface area contributed by atoms with E-state index in [9.17, 15) is 4.79 Å². The smallest absolute Gasteiger partial charge is 0.221 e. The molecular weight excluding hydrogens is 272 g/mol. The van der Waals surface area contributed by atoms with Gasteiger partial charge in [-0.15, -0.1) is 11.3 Å². The number of aromatic nitrogens is 1. The van der Waals surface area contributed by atoms with Crippen LogP contribution in [0.2, 0.25) is 0 Å². The van der Waals surface area contributed by atoms with E-state index in [2.05, 4.69) is 15.6 Å². The maximum absolute atomic E-state index is 11.7. The maximum Gasteiger partial charge on any atom is 0.221 e. The van der Waals surface area contributed by atoms with Gasteiger partial charge in [-0.3, -0.25) is 4.79 Å². The number of carbonyl (C=O) groups excluding carboxylic acids is 1. The molecule has 0 saturated carbocycles. The van der Waals surface area contributed by atoms with Gasteiger partial charge in [0, 0.05) is 19.0 Å². The first-order chi connectivity index (χ1) is 9.61. The molecule has 6 heteroatoms. The van der Waals surface area contributed by atoms with Gasteiger partial charge in [0.15, 0.2) is 0 Å². The Morgan fingerprint density at radius 3 is 3.05 bits per heavy atom. The lowest BCUT2D eigenvalue weighted by Crippen LogP contribution is -2.32. The van der Waals surface area contributed by atoms with Gasteiger partial charge >= 0.3 is 0 Å².